The number of nitrogens with one attached hydrogen (secondary N) is 3. The molecule has 28 heavy (non-hydrogen) atoms. The highest BCUT2D eigenvalue weighted by Gasteiger charge is 2.31. The van der Waals surface area contributed by atoms with Crippen molar-refractivity contribution in [2.75, 3.05) is 13.1 Å². The summed E-state index contributed by atoms with van der Waals surface area (Å²) in [5, 5.41) is 15.5. The monoisotopic (exact) mass is 401 g/mol. The SMILES string of the molecule is O=C(CC1C(=O)NCCN1Cc1cccs1)NCc1n[nH]c2c1CCCCC2. The molecule has 1 unspecified atom stereocenters. The van der Waals surface area contributed by atoms with Crippen LogP contribution in [0.4, 0.5) is 0 Å². The van der Waals surface area contributed by atoms with Crippen molar-refractivity contribution in [2.45, 2.75) is 57.7 Å². The number of hydrogen-bond donors (Lipinski definition) is 3. The van der Waals surface area contributed by atoms with E-state index in [1.54, 1.807) is 11.3 Å². The Morgan fingerprint density at radius 2 is 2.21 bits per heavy atom. The summed E-state index contributed by atoms with van der Waals surface area (Å²) in [5.41, 5.74) is 3.43. The molecular formula is C20H27N5O2S. The number of carbonyl (C=O) groups excluding carboxylic acids is 2. The van der Waals surface area contributed by atoms with Gasteiger partial charge in [-0.3, -0.25) is 19.6 Å². The van der Waals surface area contributed by atoms with Crippen LogP contribution in [-0.4, -0.2) is 46.0 Å². The molecule has 150 valence electrons. The molecule has 8 heteroatoms. The van der Waals surface area contributed by atoms with E-state index in [9.17, 15) is 9.59 Å². The molecule has 1 saturated heterocycles. The van der Waals surface area contributed by atoms with Crippen LogP contribution in [0, 0.1) is 0 Å². The molecule has 2 aromatic rings. The molecule has 2 aliphatic rings. The lowest BCUT2D eigenvalue weighted by Crippen LogP contribution is -2.56. The topological polar surface area (TPSA) is 90.1 Å². The van der Waals surface area contributed by atoms with Crippen molar-refractivity contribution in [3.8, 4) is 0 Å². The van der Waals surface area contributed by atoms with Gasteiger partial charge in [-0.2, -0.15) is 5.10 Å². The molecule has 0 radical (unpaired) electrons. The van der Waals surface area contributed by atoms with Gasteiger partial charge in [0.2, 0.25) is 11.8 Å². The van der Waals surface area contributed by atoms with Gasteiger partial charge in [0.05, 0.1) is 24.7 Å². The second-order valence-electron chi connectivity index (χ2n) is 7.53. The molecule has 1 aliphatic heterocycles. The maximum absolute atomic E-state index is 12.6. The first-order valence-electron chi connectivity index (χ1n) is 10.1. The molecule has 0 bridgehead atoms. The van der Waals surface area contributed by atoms with Gasteiger partial charge >= 0.3 is 0 Å². The quantitative estimate of drug-likeness (QED) is 0.643. The number of nitrogens with zero attached hydrogens (tertiary/aromatic N) is 2. The number of rotatable bonds is 6. The molecule has 1 atom stereocenters. The first-order chi connectivity index (χ1) is 13.7. The van der Waals surface area contributed by atoms with Crippen LogP contribution in [0.5, 0.6) is 0 Å². The summed E-state index contributed by atoms with van der Waals surface area (Å²) in [5.74, 6) is -0.171. The van der Waals surface area contributed by atoms with E-state index in [1.807, 2.05) is 11.4 Å². The molecule has 3 N–H and O–H groups in total. The van der Waals surface area contributed by atoms with Crippen LogP contribution < -0.4 is 10.6 Å². The summed E-state index contributed by atoms with van der Waals surface area (Å²) in [7, 11) is 0. The lowest BCUT2D eigenvalue weighted by molar-refractivity contribution is -0.134. The molecule has 3 heterocycles. The van der Waals surface area contributed by atoms with Crippen molar-refractivity contribution in [1.82, 2.24) is 25.7 Å². The zero-order valence-corrected chi connectivity index (χ0v) is 16.8. The largest absolute Gasteiger partial charge is 0.353 e. The van der Waals surface area contributed by atoms with Gasteiger partial charge in [-0.05, 0) is 42.7 Å². The Bertz CT molecular complexity index is 817. The summed E-state index contributed by atoms with van der Waals surface area (Å²) in [6, 6.07) is 3.66. The standard InChI is InChI=1S/C20H27N5O2S/c26-19(22-12-17-15-6-2-1-3-7-16(15)23-24-17)11-18-20(27)21-8-9-25(18)13-14-5-4-10-28-14/h4-5,10,18H,1-3,6-9,11-13H2,(H,21,27)(H,22,26)(H,23,24). The lowest BCUT2D eigenvalue weighted by Gasteiger charge is -2.34. The van der Waals surface area contributed by atoms with Crippen molar-refractivity contribution < 1.29 is 9.59 Å². The average molecular weight is 402 g/mol. The highest BCUT2D eigenvalue weighted by molar-refractivity contribution is 7.09. The van der Waals surface area contributed by atoms with Gasteiger partial charge in [-0.15, -0.1) is 11.3 Å². The van der Waals surface area contributed by atoms with Gasteiger partial charge in [0.1, 0.15) is 0 Å². The second-order valence-corrected chi connectivity index (χ2v) is 8.56. The van der Waals surface area contributed by atoms with Gasteiger partial charge in [0.15, 0.2) is 0 Å². The molecule has 0 saturated carbocycles. The van der Waals surface area contributed by atoms with Crippen molar-refractivity contribution in [2.24, 2.45) is 0 Å². The third kappa shape index (κ3) is 4.44. The molecule has 1 fully saturated rings. The number of carbonyl (C=O) groups is 2. The number of piperazine rings is 1. The van der Waals surface area contributed by atoms with Gasteiger partial charge in [-0.1, -0.05) is 12.5 Å². The predicted octanol–water partition coefficient (Wildman–Crippen LogP) is 1.75. The Morgan fingerprint density at radius 3 is 3.07 bits per heavy atom. The van der Waals surface area contributed by atoms with E-state index in [4.69, 9.17) is 0 Å². The van der Waals surface area contributed by atoms with E-state index in [-0.39, 0.29) is 18.2 Å². The van der Waals surface area contributed by atoms with E-state index >= 15 is 0 Å². The lowest BCUT2D eigenvalue weighted by atomic mass is 10.1. The Kier molecular flexibility index (Phi) is 6.07. The number of H-pyrrole nitrogens is 1. The van der Waals surface area contributed by atoms with Gasteiger partial charge < -0.3 is 10.6 Å². The van der Waals surface area contributed by atoms with Crippen LogP contribution in [0.25, 0.3) is 0 Å². The van der Waals surface area contributed by atoms with Crippen molar-refractivity contribution in [3.63, 3.8) is 0 Å². The Morgan fingerprint density at radius 1 is 1.32 bits per heavy atom. The van der Waals surface area contributed by atoms with Crippen molar-refractivity contribution in [1.29, 1.82) is 0 Å². The first-order valence-corrected chi connectivity index (χ1v) is 10.9. The number of fused-ring (bicyclic) bond motifs is 1. The molecule has 2 aromatic heterocycles. The summed E-state index contributed by atoms with van der Waals surface area (Å²) >= 11 is 1.68. The number of aryl methyl sites for hydroxylation is 1. The third-order valence-corrected chi connectivity index (χ3v) is 6.47. The van der Waals surface area contributed by atoms with Crippen LogP contribution >= 0.6 is 11.3 Å². The Hall–Kier alpha value is -2.19. The molecular weight excluding hydrogens is 374 g/mol. The Labute approximate surface area is 168 Å². The number of thiophene rings is 1. The zero-order chi connectivity index (χ0) is 19.3. The molecule has 4 rings (SSSR count). The number of aromatic amines is 1. The fourth-order valence-electron chi connectivity index (χ4n) is 4.08. The maximum Gasteiger partial charge on any atom is 0.237 e. The molecule has 2 amide bonds. The van der Waals surface area contributed by atoms with Gasteiger partial charge in [-0.25, -0.2) is 0 Å². The second kappa shape index (κ2) is 8.87. The van der Waals surface area contributed by atoms with Crippen LogP contribution in [-0.2, 0) is 35.5 Å². The average Bonchev–Trinajstić information content (AvgIpc) is 3.27. The Balaban J connectivity index is 1.35. The van der Waals surface area contributed by atoms with Gasteiger partial charge in [0, 0.05) is 30.2 Å². The van der Waals surface area contributed by atoms with Crippen LogP contribution in [0.3, 0.4) is 0 Å². The van der Waals surface area contributed by atoms with E-state index in [0.29, 0.717) is 19.6 Å². The van der Waals surface area contributed by atoms with E-state index in [2.05, 4.69) is 31.8 Å². The number of aromatic nitrogens is 2. The van der Waals surface area contributed by atoms with Crippen LogP contribution in [0.1, 0.15) is 47.5 Å². The molecule has 0 spiro atoms. The zero-order valence-electron chi connectivity index (χ0n) is 16.0. The third-order valence-electron chi connectivity index (χ3n) is 5.60. The number of hydrogen-bond acceptors (Lipinski definition) is 5. The predicted molar refractivity (Wildman–Crippen MR) is 108 cm³/mol. The maximum atomic E-state index is 12.6. The fraction of sp³-hybridized carbons (Fsp3) is 0.550. The van der Waals surface area contributed by atoms with Crippen molar-refractivity contribution >= 4 is 23.2 Å². The van der Waals surface area contributed by atoms with E-state index in [1.165, 1.54) is 35.4 Å². The van der Waals surface area contributed by atoms with Crippen molar-refractivity contribution in [3.05, 3.63) is 39.3 Å². The summed E-state index contributed by atoms with van der Waals surface area (Å²) in [4.78, 5) is 28.3. The number of amides is 2. The van der Waals surface area contributed by atoms with Crippen LogP contribution in [0.15, 0.2) is 17.5 Å². The normalized spacial score (nSPS) is 20.3. The minimum atomic E-state index is -0.424. The molecule has 0 aromatic carbocycles. The van der Waals surface area contributed by atoms with E-state index < -0.39 is 6.04 Å². The molecule has 1 aliphatic carbocycles. The molecule has 7 nitrogen and oxygen atoms in total. The first kappa shape index (κ1) is 19.1. The van der Waals surface area contributed by atoms with E-state index in [0.717, 1.165) is 25.1 Å². The van der Waals surface area contributed by atoms with Crippen LogP contribution in [0.2, 0.25) is 0 Å². The van der Waals surface area contributed by atoms with Gasteiger partial charge in [0.25, 0.3) is 0 Å². The minimum absolute atomic E-state index is 0.0633. The highest BCUT2D eigenvalue weighted by Crippen LogP contribution is 2.22. The summed E-state index contributed by atoms with van der Waals surface area (Å²) < 4.78 is 0. The smallest absolute Gasteiger partial charge is 0.237 e. The minimum Gasteiger partial charge on any atom is -0.353 e. The summed E-state index contributed by atoms with van der Waals surface area (Å²) in [6.45, 7) is 2.51. The fourth-order valence-corrected chi connectivity index (χ4v) is 4.81. The summed E-state index contributed by atoms with van der Waals surface area (Å²) in [6.07, 6.45) is 5.84. The highest BCUT2D eigenvalue weighted by atomic mass is 32.1.